The molecule has 0 bridgehead atoms. The average molecular weight is 215 g/mol. The molecule has 0 aliphatic rings. The summed E-state index contributed by atoms with van der Waals surface area (Å²) in [5, 5.41) is 15.8. The van der Waals surface area contributed by atoms with Gasteiger partial charge in [0.2, 0.25) is 0 Å². The Labute approximate surface area is 91.8 Å². The number of aromatic nitrogens is 3. The molecule has 5 heteroatoms. The first kappa shape index (κ1) is 10.2. The van der Waals surface area contributed by atoms with Crippen LogP contribution in [0.25, 0.3) is 11.3 Å². The van der Waals surface area contributed by atoms with E-state index >= 15 is 0 Å². The van der Waals surface area contributed by atoms with Gasteiger partial charge in [-0.15, -0.1) is 5.10 Å². The van der Waals surface area contributed by atoms with Crippen LogP contribution >= 0.6 is 0 Å². The lowest BCUT2D eigenvalue weighted by atomic mass is 10.1. The summed E-state index contributed by atoms with van der Waals surface area (Å²) in [5.74, 6) is -1.47. The van der Waals surface area contributed by atoms with E-state index in [9.17, 15) is 4.79 Å². The van der Waals surface area contributed by atoms with Gasteiger partial charge in [-0.05, 0) is 13.0 Å². The second-order valence-electron chi connectivity index (χ2n) is 3.34. The molecule has 1 aromatic carbocycles. The highest BCUT2D eigenvalue weighted by molar-refractivity contribution is 5.83. The van der Waals surface area contributed by atoms with Gasteiger partial charge in [0.05, 0.1) is 11.9 Å². The van der Waals surface area contributed by atoms with Crippen molar-refractivity contribution >= 4 is 5.97 Å². The number of benzene rings is 1. The van der Waals surface area contributed by atoms with Crippen LogP contribution in [0.4, 0.5) is 0 Å². The molecule has 0 aliphatic carbocycles. The van der Waals surface area contributed by atoms with E-state index in [1.807, 2.05) is 31.2 Å². The third-order valence-corrected chi connectivity index (χ3v) is 2.06. The Morgan fingerprint density at radius 1 is 1.38 bits per heavy atom. The van der Waals surface area contributed by atoms with E-state index < -0.39 is 5.97 Å². The Morgan fingerprint density at radius 3 is 2.88 bits per heavy atom. The zero-order chi connectivity index (χ0) is 11.5. The molecule has 0 saturated heterocycles. The molecule has 0 amide bonds. The first-order chi connectivity index (χ1) is 7.66. The van der Waals surface area contributed by atoms with Crippen LogP contribution in [-0.4, -0.2) is 26.3 Å². The predicted octanol–water partition coefficient (Wildman–Crippen LogP) is 1.55. The highest BCUT2D eigenvalue weighted by Gasteiger charge is 2.09. The summed E-state index contributed by atoms with van der Waals surface area (Å²) in [6, 6.07) is 7.60. The normalized spacial score (nSPS) is 10.1. The van der Waals surface area contributed by atoms with Gasteiger partial charge in [0.1, 0.15) is 0 Å². The smallest absolute Gasteiger partial charge is 0.375 e. The Balaban J connectivity index is 2.48. The number of hydrogen-bond acceptors (Lipinski definition) is 4. The molecule has 0 atom stereocenters. The van der Waals surface area contributed by atoms with Gasteiger partial charge in [0.15, 0.2) is 0 Å². The highest BCUT2D eigenvalue weighted by Crippen LogP contribution is 2.16. The van der Waals surface area contributed by atoms with Crippen molar-refractivity contribution in [2.75, 3.05) is 0 Å². The molecular formula is C11H9N3O2. The van der Waals surface area contributed by atoms with E-state index in [-0.39, 0.29) is 5.82 Å². The number of rotatable bonds is 2. The van der Waals surface area contributed by atoms with Crippen LogP contribution in [0.2, 0.25) is 0 Å². The topological polar surface area (TPSA) is 76.0 Å². The van der Waals surface area contributed by atoms with Gasteiger partial charge in [-0.2, -0.15) is 5.10 Å². The van der Waals surface area contributed by atoms with Crippen LogP contribution in [0.1, 0.15) is 16.2 Å². The molecule has 16 heavy (non-hydrogen) atoms. The molecule has 2 rings (SSSR count). The lowest BCUT2D eigenvalue weighted by Gasteiger charge is -2.01. The molecule has 5 nitrogen and oxygen atoms in total. The number of carboxylic acids is 1. The van der Waals surface area contributed by atoms with E-state index in [0.29, 0.717) is 5.69 Å². The number of carbonyl (C=O) groups is 1. The predicted molar refractivity (Wildman–Crippen MR) is 57.0 cm³/mol. The zero-order valence-electron chi connectivity index (χ0n) is 8.58. The molecule has 0 spiro atoms. The van der Waals surface area contributed by atoms with Crippen LogP contribution < -0.4 is 0 Å². The van der Waals surface area contributed by atoms with E-state index in [0.717, 1.165) is 11.1 Å². The van der Waals surface area contributed by atoms with Crippen molar-refractivity contribution in [2.45, 2.75) is 6.92 Å². The van der Waals surface area contributed by atoms with Gasteiger partial charge in [0.25, 0.3) is 5.82 Å². The second kappa shape index (κ2) is 4.06. The summed E-state index contributed by atoms with van der Waals surface area (Å²) in [4.78, 5) is 14.6. The van der Waals surface area contributed by atoms with Crippen LogP contribution in [0.15, 0.2) is 30.5 Å². The summed E-state index contributed by atoms with van der Waals surface area (Å²) in [6.45, 7) is 1.95. The van der Waals surface area contributed by atoms with Gasteiger partial charge >= 0.3 is 5.97 Å². The minimum Gasteiger partial charge on any atom is -0.475 e. The molecule has 0 unspecified atom stereocenters. The summed E-state index contributed by atoms with van der Waals surface area (Å²) < 4.78 is 0. The maximum atomic E-state index is 10.7. The number of nitrogens with zero attached hydrogens (tertiary/aromatic N) is 3. The standard InChI is InChI=1S/C11H9N3O2/c1-7-3-2-4-8(5-7)9-6-12-14-10(13-9)11(15)16/h2-6H,1H3,(H,15,16). The van der Waals surface area contributed by atoms with Crippen molar-refractivity contribution in [3.63, 3.8) is 0 Å². The Morgan fingerprint density at radius 2 is 2.19 bits per heavy atom. The first-order valence-corrected chi connectivity index (χ1v) is 4.67. The van der Waals surface area contributed by atoms with Crippen molar-refractivity contribution in [1.29, 1.82) is 0 Å². The van der Waals surface area contributed by atoms with E-state index in [1.54, 1.807) is 0 Å². The Kier molecular flexibility index (Phi) is 2.59. The van der Waals surface area contributed by atoms with Crippen molar-refractivity contribution in [3.05, 3.63) is 41.9 Å². The van der Waals surface area contributed by atoms with Gasteiger partial charge < -0.3 is 5.11 Å². The quantitative estimate of drug-likeness (QED) is 0.822. The largest absolute Gasteiger partial charge is 0.475 e. The van der Waals surface area contributed by atoms with Crippen molar-refractivity contribution in [2.24, 2.45) is 0 Å². The second-order valence-corrected chi connectivity index (χ2v) is 3.34. The lowest BCUT2D eigenvalue weighted by Crippen LogP contribution is -2.06. The van der Waals surface area contributed by atoms with Crippen LogP contribution in [-0.2, 0) is 0 Å². The molecule has 1 N–H and O–H groups in total. The minimum atomic E-state index is -1.18. The molecule has 0 radical (unpaired) electrons. The highest BCUT2D eigenvalue weighted by atomic mass is 16.4. The third kappa shape index (κ3) is 2.03. The lowest BCUT2D eigenvalue weighted by molar-refractivity contribution is 0.0682. The zero-order valence-corrected chi connectivity index (χ0v) is 8.58. The van der Waals surface area contributed by atoms with Gasteiger partial charge in [0, 0.05) is 5.56 Å². The molecular weight excluding hydrogens is 206 g/mol. The van der Waals surface area contributed by atoms with Crippen LogP contribution in [0, 0.1) is 6.92 Å². The van der Waals surface area contributed by atoms with Crippen molar-refractivity contribution in [3.8, 4) is 11.3 Å². The molecule has 2 aromatic rings. The summed E-state index contributed by atoms with van der Waals surface area (Å²) in [5.41, 5.74) is 2.42. The van der Waals surface area contributed by atoms with Gasteiger partial charge in [-0.3, -0.25) is 0 Å². The summed E-state index contributed by atoms with van der Waals surface area (Å²) in [7, 11) is 0. The number of aromatic carboxylic acids is 1. The third-order valence-electron chi connectivity index (χ3n) is 2.06. The van der Waals surface area contributed by atoms with Crippen LogP contribution in [0.3, 0.4) is 0 Å². The molecule has 0 saturated carbocycles. The van der Waals surface area contributed by atoms with Crippen molar-refractivity contribution < 1.29 is 9.90 Å². The summed E-state index contributed by atoms with van der Waals surface area (Å²) >= 11 is 0. The molecule has 1 heterocycles. The number of aryl methyl sites for hydroxylation is 1. The van der Waals surface area contributed by atoms with E-state index in [4.69, 9.17) is 5.11 Å². The SMILES string of the molecule is Cc1cccc(-c2cnnc(C(=O)O)n2)c1. The Hall–Kier alpha value is -2.30. The number of hydrogen-bond donors (Lipinski definition) is 1. The fourth-order valence-corrected chi connectivity index (χ4v) is 1.34. The maximum Gasteiger partial charge on any atom is 0.375 e. The van der Waals surface area contributed by atoms with Gasteiger partial charge in [-0.25, -0.2) is 9.78 Å². The fourth-order valence-electron chi connectivity index (χ4n) is 1.34. The first-order valence-electron chi connectivity index (χ1n) is 4.67. The average Bonchev–Trinajstić information content (AvgIpc) is 2.29. The monoisotopic (exact) mass is 215 g/mol. The molecule has 0 fully saturated rings. The summed E-state index contributed by atoms with van der Waals surface area (Å²) in [6.07, 6.45) is 1.45. The van der Waals surface area contributed by atoms with Crippen LogP contribution in [0.5, 0.6) is 0 Å². The number of carboxylic acid groups (broad SMARTS) is 1. The molecule has 0 aliphatic heterocycles. The van der Waals surface area contributed by atoms with Gasteiger partial charge in [-0.1, -0.05) is 23.8 Å². The molecule has 80 valence electrons. The maximum absolute atomic E-state index is 10.7. The van der Waals surface area contributed by atoms with E-state index in [1.165, 1.54) is 6.20 Å². The minimum absolute atomic E-state index is 0.293. The Bertz CT molecular complexity index is 540. The van der Waals surface area contributed by atoms with E-state index in [2.05, 4.69) is 15.2 Å². The molecule has 1 aromatic heterocycles. The fraction of sp³-hybridized carbons (Fsp3) is 0.0909. The van der Waals surface area contributed by atoms with Crippen molar-refractivity contribution in [1.82, 2.24) is 15.2 Å².